The van der Waals surface area contributed by atoms with Crippen LogP contribution in [0.3, 0.4) is 0 Å². The maximum Gasteiger partial charge on any atom is 0.305 e. The van der Waals surface area contributed by atoms with Crippen LogP contribution < -0.4 is 5.73 Å². The Morgan fingerprint density at radius 3 is 2.58 bits per heavy atom. The van der Waals surface area contributed by atoms with Crippen LogP contribution in [0.4, 0.5) is 0 Å². The van der Waals surface area contributed by atoms with Crippen molar-refractivity contribution in [3.8, 4) is 5.69 Å². The fourth-order valence-corrected chi connectivity index (χ4v) is 3.30. The van der Waals surface area contributed by atoms with E-state index in [-0.39, 0.29) is 31.3 Å². The first-order valence-corrected chi connectivity index (χ1v) is 9.47. The van der Waals surface area contributed by atoms with Crippen LogP contribution in [-0.4, -0.2) is 54.5 Å². The molecule has 10 heteroatoms. The summed E-state index contributed by atoms with van der Waals surface area (Å²) >= 11 is 0. The summed E-state index contributed by atoms with van der Waals surface area (Å²) in [5.41, 5.74) is 8.76. The Morgan fingerprint density at radius 2 is 1.87 bits per heavy atom. The number of aliphatic carboxylic acids is 1. The number of carbonyl (C=O) groups is 2. The van der Waals surface area contributed by atoms with E-state index in [0.29, 0.717) is 22.6 Å². The molecule has 2 aromatic carbocycles. The van der Waals surface area contributed by atoms with Gasteiger partial charge in [0.25, 0.3) is 5.91 Å². The first-order valence-electron chi connectivity index (χ1n) is 9.47. The molecule has 156 valence electrons. The van der Waals surface area contributed by atoms with Gasteiger partial charge in [-0.25, -0.2) is 0 Å². The molecule has 10 nitrogen and oxygen atoms in total. The van der Waals surface area contributed by atoms with Gasteiger partial charge < -0.3 is 15.7 Å². The Hall–Kier alpha value is -4.34. The fraction of sp³-hybridized carbons (Fsp3) is 0.143. The Balaban J connectivity index is 1.66. The van der Waals surface area contributed by atoms with Gasteiger partial charge in [-0.15, -0.1) is 5.10 Å². The van der Waals surface area contributed by atoms with Crippen LogP contribution in [0.2, 0.25) is 0 Å². The normalized spacial score (nSPS) is 13.0. The van der Waals surface area contributed by atoms with Gasteiger partial charge in [0.2, 0.25) is 0 Å². The first-order chi connectivity index (χ1) is 14.9. The lowest BCUT2D eigenvalue weighted by molar-refractivity contribution is -0.137. The van der Waals surface area contributed by atoms with E-state index in [0.717, 1.165) is 11.1 Å². The second-order valence-corrected chi connectivity index (χ2v) is 7.02. The van der Waals surface area contributed by atoms with Gasteiger partial charge in [-0.3, -0.25) is 15.0 Å². The second-order valence-electron chi connectivity index (χ2n) is 7.02. The monoisotopic (exact) mass is 417 g/mol. The molecule has 1 aliphatic rings. The highest BCUT2D eigenvalue weighted by atomic mass is 16.4. The summed E-state index contributed by atoms with van der Waals surface area (Å²) in [4.78, 5) is 25.6. The molecule has 1 aliphatic heterocycles. The van der Waals surface area contributed by atoms with E-state index >= 15 is 0 Å². The molecule has 0 atom stereocenters. The number of hydrogen-bond acceptors (Lipinski definition) is 6. The molecule has 31 heavy (non-hydrogen) atoms. The van der Waals surface area contributed by atoms with E-state index < -0.39 is 5.97 Å². The van der Waals surface area contributed by atoms with Crippen molar-refractivity contribution in [2.75, 3.05) is 6.54 Å². The number of amides is 1. The molecule has 4 rings (SSSR count). The SMILES string of the molecule is N=C(N)c1ccc(C=Cc2ccc3c(c2)C(=O)N(CCC(=O)O)Cc2nnnn2-3)cc1. The van der Waals surface area contributed by atoms with E-state index in [4.69, 9.17) is 16.2 Å². The number of nitrogen functional groups attached to an aromatic ring is 1. The quantitative estimate of drug-likeness (QED) is 0.313. The zero-order chi connectivity index (χ0) is 22.0. The number of tetrazole rings is 1. The number of carboxylic acids is 1. The highest BCUT2D eigenvalue weighted by Crippen LogP contribution is 2.24. The molecule has 0 saturated heterocycles. The van der Waals surface area contributed by atoms with E-state index in [1.165, 1.54) is 9.58 Å². The smallest absolute Gasteiger partial charge is 0.305 e. The van der Waals surface area contributed by atoms with Gasteiger partial charge in [0, 0.05) is 12.1 Å². The van der Waals surface area contributed by atoms with Gasteiger partial charge in [0.05, 0.1) is 24.2 Å². The molecule has 0 saturated carbocycles. The van der Waals surface area contributed by atoms with Crippen LogP contribution >= 0.6 is 0 Å². The summed E-state index contributed by atoms with van der Waals surface area (Å²) in [6.07, 6.45) is 3.58. The number of amidine groups is 1. The predicted octanol–water partition coefficient (Wildman–Crippen LogP) is 1.55. The number of benzene rings is 2. The number of carbonyl (C=O) groups excluding carboxylic acids is 1. The van der Waals surface area contributed by atoms with E-state index in [1.54, 1.807) is 24.3 Å². The molecule has 0 fully saturated rings. The minimum atomic E-state index is -0.982. The summed E-state index contributed by atoms with van der Waals surface area (Å²) < 4.78 is 1.50. The number of carboxylic acid groups (broad SMARTS) is 1. The van der Waals surface area contributed by atoms with Crippen LogP contribution in [-0.2, 0) is 11.3 Å². The highest BCUT2D eigenvalue weighted by molar-refractivity contribution is 5.99. The maximum absolute atomic E-state index is 13.1. The van der Waals surface area contributed by atoms with E-state index in [9.17, 15) is 9.59 Å². The van der Waals surface area contributed by atoms with Gasteiger partial charge in [-0.2, -0.15) is 4.68 Å². The molecular formula is C21H19N7O3. The fourth-order valence-electron chi connectivity index (χ4n) is 3.30. The third-order valence-electron chi connectivity index (χ3n) is 4.92. The van der Waals surface area contributed by atoms with Crippen molar-refractivity contribution in [2.24, 2.45) is 5.73 Å². The Kier molecular flexibility index (Phi) is 5.27. The van der Waals surface area contributed by atoms with Crippen LogP contribution in [0.1, 0.15) is 39.3 Å². The highest BCUT2D eigenvalue weighted by Gasteiger charge is 2.28. The Bertz CT molecular complexity index is 1200. The first kappa shape index (κ1) is 20.0. The lowest BCUT2D eigenvalue weighted by Gasteiger charge is -2.19. The molecule has 2 heterocycles. The third kappa shape index (κ3) is 4.17. The third-order valence-corrected chi connectivity index (χ3v) is 4.92. The van der Waals surface area contributed by atoms with Crippen LogP contribution in [0.5, 0.6) is 0 Å². The van der Waals surface area contributed by atoms with Crippen LogP contribution in [0.15, 0.2) is 42.5 Å². The zero-order valence-corrected chi connectivity index (χ0v) is 16.4. The topological polar surface area (TPSA) is 151 Å². The lowest BCUT2D eigenvalue weighted by atomic mass is 10.1. The van der Waals surface area contributed by atoms with Crippen LogP contribution in [0.25, 0.3) is 17.8 Å². The average molecular weight is 417 g/mol. The molecule has 0 unspecified atom stereocenters. The van der Waals surface area contributed by atoms with Crippen molar-refractivity contribution in [3.05, 3.63) is 70.5 Å². The minimum absolute atomic E-state index is 0.00853. The molecule has 0 radical (unpaired) electrons. The van der Waals surface area contributed by atoms with E-state index in [1.807, 2.05) is 30.4 Å². The summed E-state index contributed by atoms with van der Waals surface area (Å²) in [7, 11) is 0. The van der Waals surface area contributed by atoms with Gasteiger partial charge in [0.1, 0.15) is 5.84 Å². The average Bonchev–Trinajstić information content (AvgIpc) is 3.18. The van der Waals surface area contributed by atoms with Crippen molar-refractivity contribution in [1.82, 2.24) is 25.1 Å². The molecule has 0 spiro atoms. The summed E-state index contributed by atoms with van der Waals surface area (Å²) in [6, 6.07) is 12.6. The number of rotatable bonds is 6. The summed E-state index contributed by atoms with van der Waals surface area (Å²) in [5, 5.41) is 28.1. The summed E-state index contributed by atoms with van der Waals surface area (Å²) in [5.74, 6) is -0.797. The van der Waals surface area contributed by atoms with Gasteiger partial charge in [0.15, 0.2) is 5.82 Å². The molecular weight excluding hydrogens is 398 g/mol. The van der Waals surface area contributed by atoms with Crippen molar-refractivity contribution >= 4 is 29.9 Å². The number of nitrogens with zero attached hydrogens (tertiary/aromatic N) is 5. The number of hydrogen-bond donors (Lipinski definition) is 3. The number of aromatic nitrogens is 4. The number of nitrogens with two attached hydrogens (primary N) is 1. The molecule has 1 amide bonds. The number of fused-ring (bicyclic) bond motifs is 3. The van der Waals surface area contributed by atoms with Gasteiger partial charge >= 0.3 is 5.97 Å². The molecule has 0 aliphatic carbocycles. The van der Waals surface area contributed by atoms with Gasteiger partial charge in [-0.05, 0) is 33.7 Å². The van der Waals surface area contributed by atoms with Gasteiger partial charge in [-0.1, -0.05) is 42.5 Å². The van der Waals surface area contributed by atoms with Crippen molar-refractivity contribution in [2.45, 2.75) is 13.0 Å². The van der Waals surface area contributed by atoms with E-state index in [2.05, 4.69) is 15.5 Å². The largest absolute Gasteiger partial charge is 0.481 e. The molecule has 1 aromatic heterocycles. The molecule has 3 aromatic rings. The maximum atomic E-state index is 13.1. The van der Waals surface area contributed by atoms with Crippen molar-refractivity contribution < 1.29 is 14.7 Å². The minimum Gasteiger partial charge on any atom is -0.481 e. The lowest BCUT2D eigenvalue weighted by Crippen LogP contribution is -2.32. The second kappa shape index (κ2) is 8.19. The predicted molar refractivity (Wildman–Crippen MR) is 113 cm³/mol. The summed E-state index contributed by atoms with van der Waals surface area (Å²) in [6.45, 7) is 0.185. The van der Waals surface area contributed by atoms with Crippen molar-refractivity contribution in [3.63, 3.8) is 0 Å². The standard InChI is InChI=1S/C21H19N7O3/c22-20(23)15-6-3-13(4-7-15)1-2-14-5-8-17-16(11-14)21(31)27(10-9-19(29)30)12-18-24-25-26-28(17)18/h1-8,11H,9-10,12H2,(H3,22,23)(H,29,30). The molecule has 0 bridgehead atoms. The number of nitrogens with one attached hydrogen (secondary N) is 1. The van der Waals surface area contributed by atoms with Crippen LogP contribution in [0, 0.1) is 5.41 Å². The Labute approximate surface area is 177 Å². The Morgan fingerprint density at radius 1 is 1.16 bits per heavy atom. The zero-order valence-electron chi connectivity index (χ0n) is 16.4. The van der Waals surface area contributed by atoms with Crippen molar-refractivity contribution in [1.29, 1.82) is 5.41 Å². The molecule has 4 N–H and O–H groups in total.